The Morgan fingerprint density at radius 1 is 1.32 bits per heavy atom. The summed E-state index contributed by atoms with van der Waals surface area (Å²) in [6.45, 7) is 4.45. The molecule has 1 fully saturated rings. The van der Waals surface area contributed by atoms with Crippen LogP contribution in [0.15, 0.2) is 18.2 Å². The van der Waals surface area contributed by atoms with E-state index < -0.39 is 11.8 Å². The highest BCUT2D eigenvalue weighted by molar-refractivity contribution is 5.87. The predicted molar refractivity (Wildman–Crippen MR) is 70.8 cm³/mol. The van der Waals surface area contributed by atoms with E-state index in [4.69, 9.17) is 5.11 Å². The molecule has 4 nitrogen and oxygen atoms in total. The van der Waals surface area contributed by atoms with Crippen molar-refractivity contribution in [2.45, 2.75) is 13.0 Å². The lowest BCUT2D eigenvalue weighted by Crippen LogP contribution is -2.28. The van der Waals surface area contributed by atoms with Crippen molar-refractivity contribution in [3.8, 4) is 0 Å². The van der Waals surface area contributed by atoms with Gasteiger partial charge in [0.2, 0.25) is 0 Å². The van der Waals surface area contributed by atoms with Gasteiger partial charge >= 0.3 is 5.97 Å². The Kier molecular flexibility index (Phi) is 4.50. The first-order valence-corrected chi connectivity index (χ1v) is 6.49. The Bertz CT molecular complexity index is 465. The summed E-state index contributed by atoms with van der Waals surface area (Å²) < 4.78 is 13.8. The lowest BCUT2D eigenvalue weighted by atomic mass is 10.1. The highest BCUT2D eigenvalue weighted by atomic mass is 19.1. The van der Waals surface area contributed by atoms with Gasteiger partial charge in [-0.15, -0.1) is 0 Å². The summed E-state index contributed by atoms with van der Waals surface area (Å²) in [7, 11) is 2.09. The molecule has 0 saturated carbocycles. The minimum absolute atomic E-state index is 0.00292. The van der Waals surface area contributed by atoms with Crippen LogP contribution in [-0.2, 0) is 6.54 Å². The molecule has 5 heteroatoms. The summed E-state index contributed by atoms with van der Waals surface area (Å²) in [4.78, 5) is 15.2. The molecule has 0 aliphatic carbocycles. The molecule has 0 aromatic heterocycles. The van der Waals surface area contributed by atoms with Gasteiger partial charge < -0.3 is 10.0 Å². The van der Waals surface area contributed by atoms with Gasteiger partial charge in [0.25, 0.3) is 0 Å². The van der Waals surface area contributed by atoms with Gasteiger partial charge in [0.1, 0.15) is 5.82 Å². The van der Waals surface area contributed by atoms with Crippen LogP contribution in [-0.4, -0.2) is 54.1 Å². The van der Waals surface area contributed by atoms with Crippen LogP contribution < -0.4 is 0 Å². The average molecular weight is 266 g/mol. The zero-order chi connectivity index (χ0) is 13.8. The minimum atomic E-state index is -1.10. The number of carbonyl (C=O) groups is 1. The van der Waals surface area contributed by atoms with Gasteiger partial charge in [0.05, 0.1) is 5.56 Å². The molecule has 1 aromatic carbocycles. The van der Waals surface area contributed by atoms with E-state index in [1.54, 1.807) is 6.07 Å². The Morgan fingerprint density at radius 3 is 2.79 bits per heavy atom. The van der Waals surface area contributed by atoms with Crippen LogP contribution in [0.5, 0.6) is 0 Å². The molecule has 104 valence electrons. The summed E-state index contributed by atoms with van der Waals surface area (Å²) in [5.74, 6) is -1.53. The van der Waals surface area contributed by atoms with E-state index in [2.05, 4.69) is 16.8 Å². The zero-order valence-corrected chi connectivity index (χ0v) is 11.1. The van der Waals surface area contributed by atoms with Gasteiger partial charge in [0.15, 0.2) is 0 Å². The fourth-order valence-electron chi connectivity index (χ4n) is 2.31. The van der Waals surface area contributed by atoms with Crippen LogP contribution in [0, 0.1) is 5.82 Å². The van der Waals surface area contributed by atoms with Crippen molar-refractivity contribution < 1.29 is 14.3 Å². The maximum absolute atomic E-state index is 13.8. The van der Waals surface area contributed by atoms with E-state index >= 15 is 0 Å². The van der Waals surface area contributed by atoms with E-state index in [-0.39, 0.29) is 5.56 Å². The number of nitrogens with zero attached hydrogens (tertiary/aromatic N) is 2. The lowest BCUT2D eigenvalue weighted by molar-refractivity contribution is 0.0696. The molecule has 1 aliphatic rings. The fourth-order valence-corrected chi connectivity index (χ4v) is 2.31. The molecular formula is C14H19FN2O2. The lowest BCUT2D eigenvalue weighted by Gasteiger charge is -2.20. The molecule has 0 amide bonds. The van der Waals surface area contributed by atoms with Crippen molar-refractivity contribution in [2.24, 2.45) is 0 Å². The molecule has 19 heavy (non-hydrogen) atoms. The molecule has 0 atom stereocenters. The molecule has 1 aromatic rings. The molecule has 1 aliphatic heterocycles. The number of carboxylic acids is 1. The second-order valence-electron chi connectivity index (χ2n) is 5.04. The van der Waals surface area contributed by atoms with E-state index in [9.17, 15) is 9.18 Å². The van der Waals surface area contributed by atoms with Crippen LogP contribution in [0.25, 0.3) is 0 Å². The third-order valence-corrected chi connectivity index (χ3v) is 3.51. The second-order valence-corrected chi connectivity index (χ2v) is 5.04. The zero-order valence-electron chi connectivity index (χ0n) is 11.1. The van der Waals surface area contributed by atoms with Gasteiger partial charge in [-0.05, 0) is 38.7 Å². The summed E-state index contributed by atoms with van der Waals surface area (Å²) in [5, 5.41) is 8.81. The topological polar surface area (TPSA) is 43.8 Å². The van der Waals surface area contributed by atoms with Crippen molar-refractivity contribution in [1.29, 1.82) is 0 Å². The van der Waals surface area contributed by atoms with Crippen LogP contribution in [0.1, 0.15) is 22.3 Å². The average Bonchev–Trinajstić information content (AvgIpc) is 2.57. The molecular weight excluding hydrogens is 247 g/mol. The van der Waals surface area contributed by atoms with Crippen molar-refractivity contribution >= 4 is 5.97 Å². The molecule has 0 radical (unpaired) electrons. The third-order valence-electron chi connectivity index (χ3n) is 3.51. The summed E-state index contributed by atoms with van der Waals surface area (Å²) in [6, 6.07) is 4.14. The number of aromatic carboxylic acids is 1. The molecule has 0 bridgehead atoms. The molecule has 0 spiro atoms. The molecule has 1 N–H and O–H groups in total. The summed E-state index contributed by atoms with van der Waals surface area (Å²) >= 11 is 0. The quantitative estimate of drug-likeness (QED) is 0.903. The predicted octanol–water partition coefficient (Wildman–Crippen LogP) is 1.66. The summed E-state index contributed by atoms with van der Waals surface area (Å²) in [6.07, 6.45) is 1.07. The van der Waals surface area contributed by atoms with E-state index in [1.165, 1.54) is 6.07 Å². The Morgan fingerprint density at radius 2 is 2.11 bits per heavy atom. The van der Waals surface area contributed by atoms with Crippen molar-refractivity contribution in [3.05, 3.63) is 35.1 Å². The van der Waals surface area contributed by atoms with E-state index in [0.29, 0.717) is 12.1 Å². The number of hydrogen-bond acceptors (Lipinski definition) is 3. The van der Waals surface area contributed by atoms with Crippen LogP contribution in [0.3, 0.4) is 0 Å². The van der Waals surface area contributed by atoms with Gasteiger partial charge in [-0.3, -0.25) is 4.90 Å². The maximum Gasteiger partial charge on any atom is 0.335 e. The first kappa shape index (κ1) is 14.0. The number of likely N-dealkylation sites (N-methyl/N-ethyl adjacent to an activating group) is 1. The normalized spacial score (nSPS) is 18.2. The number of benzene rings is 1. The van der Waals surface area contributed by atoms with Crippen LogP contribution in [0.4, 0.5) is 4.39 Å². The van der Waals surface area contributed by atoms with Crippen LogP contribution >= 0.6 is 0 Å². The van der Waals surface area contributed by atoms with Crippen molar-refractivity contribution in [3.63, 3.8) is 0 Å². The Balaban J connectivity index is 2.04. The number of rotatable bonds is 3. The first-order chi connectivity index (χ1) is 9.06. The minimum Gasteiger partial charge on any atom is -0.478 e. The Labute approximate surface area is 112 Å². The molecule has 1 saturated heterocycles. The highest BCUT2D eigenvalue weighted by Crippen LogP contribution is 2.14. The number of carboxylic acid groups (broad SMARTS) is 1. The second kappa shape index (κ2) is 6.12. The highest BCUT2D eigenvalue weighted by Gasteiger charge is 2.15. The number of halogens is 1. The third kappa shape index (κ3) is 3.75. The van der Waals surface area contributed by atoms with Crippen molar-refractivity contribution in [1.82, 2.24) is 9.80 Å². The van der Waals surface area contributed by atoms with Crippen molar-refractivity contribution in [2.75, 3.05) is 33.2 Å². The first-order valence-electron chi connectivity index (χ1n) is 6.49. The molecule has 2 rings (SSSR count). The fraction of sp³-hybridized carbons (Fsp3) is 0.500. The SMILES string of the molecule is CN1CCCN(Cc2ccc(C(=O)O)cc2F)CC1. The van der Waals surface area contributed by atoms with Gasteiger partial charge in [-0.2, -0.15) is 0 Å². The van der Waals surface area contributed by atoms with Gasteiger partial charge in [-0.1, -0.05) is 6.07 Å². The smallest absolute Gasteiger partial charge is 0.335 e. The number of hydrogen-bond donors (Lipinski definition) is 1. The Hall–Kier alpha value is -1.46. The van der Waals surface area contributed by atoms with E-state index in [1.807, 2.05) is 0 Å². The molecule has 1 heterocycles. The monoisotopic (exact) mass is 266 g/mol. The summed E-state index contributed by atoms with van der Waals surface area (Å²) in [5.41, 5.74) is 0.561. The van der Waals surface area contributed by atoms with Crippen LogP contribution in [0.2, 0.25) is 0 Å². The standard InChI is InChI=1S/C14H19FN2O2/c1-16-5-2-6-17(8-7-16)10-12-4-3-11(14(18)19)9-13(12)15/h3-4,9H,2,5-8,10H2,1H3,(H,18,19). The van der Waals surface area contributed by atoms with E-state index in [0.717, 1.165) is 38.7 Å². The van der Waals surface area contributed by atoms with Gasteiger partial charge in [0, 0.05) is 25.2 Å². The molecule has 0 unspecified atom stereocenters. The largest absolute Gasteiger partial charge is 0.478 e. The van der Waals surface area contributed by atoms with Gasteiger partial charge in [-0.25, -0.2) is 9.18 Å². The maximum atomic E-state index is 13.8.